The third kappa shape index (κ3) is 4.67. The van der Waals surface area contributed by atoms with Crippen LogP contribution in [0.1, 0.15) is 32.0 Å². The van der Waals surface area contributed by atoms with E-state index in [0.29, 0.717) is 28.5 Å². The first-order valence-corrected chi connectivity index (χ1v) is 9.90. The summed E-state index contributed by atoms with van der Waals surface area (Å²) in [6, 6.07) is 17.8. The first-order valence-electron chi connectivity index (χ1n) is 9.52. The Balaban J connectivity index is 1.32. The molecular formula is C23H19ClN4O3. The molecule has 0 saturated carbocycles. The number of fused-ring (bicyclic) bond motifs is 1. The molecule has 0 bridgehead atoms. The fourth-order valence-corrected chi connectivity index (χ4v) is 3.09. The maximum atomic E-state index is 12.4. The summed E-state index contributed by atoms with van der Waals surface area (Å²) in [7, 11) is 0. The van der Waals surface area contributed by atoms with E-state index in [0.717, 1.165) is 16.9 Å². The molecule has 0 spiro atoms. The van der Waals surface area contributed by atoms with Gasteiger partial charge < -0.3 is 4.74 Å². The Bertz CT molecular complexity index is 1250. The van der Waals surface area contributed by atoms with Gasteiger partial charge in [-0.1, -0.05) is 29.8 Å². The number of hydrogen-bond acceptors (Lipinski definition) is 4. The third-order valence-electron chi connectivity index (χ3n) is 4.69. The van der Waals surface area contributed by atoms with Crippen molar-refractivity contribution in [3.63, 3.8) is 0 Å². The van der Waals surface area contributed by atoms with Crippen molar-refractivity contribution in [3.8, 4) is 5.75 Å². The van der Waals surface area contributed by atoms with Gasteiger partial charge in [0, 0.05) is 16.8 Å². The van der Waals surface area contributed by atoms with Gasteiger partial charge in [-0.15, -0.1) is 0 Å². The van der Waals surface area contributed by atoms with Crippen LogP contribution in [0.5, 0.6) is 5.75 Å². The van der Waals surface area contributed by atoms with Gasteiger partial charge in [-0.05, 0) is 60.5 Å². The second kappa shape index (κ2) is 8.89. The molecule has 31 heavy (non-hydrogen) atoms. The summed E-state index contributed by atoms with van der Waals surface area (Å²) in [6.45, 7) is 2.27. The van der Waals surface area contributed by atoms with Crippen LogP contribution in [0.3, 0.4) is 0 Å². The van der Waals surface area contributed by atoms with Gasteiger partial charge in [0.25, 0.3) is 11.8 Å². The van der Waals surface area contributed by atoms with Gasteiger partial charge in [-0.25, -0.2) is 4.98 Å². The van der Waals surface area contributed by atoms with Crippen LogP contribution < -0.4 is 15.6 Å². The van der Waals surface area contributed by atoms with Crippen molar-refractivity contribution in [2.75, 3.05) is 0 Å². The largest absolute Gasteiger partial charge is 0.489 e. The molecule has 0 aliphatic carbocycles. The molecule has 0 aliphatic rings. The minimum Gasteiger partial charge on any atom is -0.489 e. The van der Waals surface area contributed by atoms with Crippen LogP contribution in [0.2, 0.25) is 5.02 Å². The molecule has 0 aliphatic heterocycles. The van der Waals surface area contributed by atoms with Gasteiger partial charge in [0.1, 0.15) is 23.7 Å². The minimum atomic E-state index is -0.463. The molecular weight excluding hydrogens is 416 g/mol. The Morgan fingerprint density at radius 2 is 1.81 bits per heavy atom. The third-order valence-corrected chi connectivity index (χ3v) is 5.11. The SMILES string of the molecule is Cc1cc(OCc2ccc(C(=O)NNC(=O)c3cnc4ccccn34)cc2)ccc1Cl. The van der Waals surface area contributed by atoms with Crippen molar-refractivity contribution in [3.05, 3.63) is 100 Å². The molecule has 8 heteroatoms. The number of aryl methyl sites for hydroxylation is 1. The van der Waals surface area contributed by atoms with E-state index in [-0.39, 0.29) is 0 Å². The topological polar surface area (TPSA) is 84.7 Å². The van der Waals surface area contributed by atoms with E-state index in [9.17, 15) is 9.59 Å². The summed E-state index contributed by atoms with van der Waals surface area (Å²) < 4.78 is 7.40. The molecule has 7 nitrogen and oxygen atoms in total. The summed E-state index contributed by atoms with van der Waals surface area (Å²) in [5, 5.41) is 0.691. The second-order valence-corrected chi connectivity index (χ2v) is 7.28. The van der Waals surface area contributed by atoms with Crippen molar-refractivity contribution in [1.29, 1.82) is 0 Å². The average Bonchev–Trinajstić information content (AvgIpc) is 3.23. The van der Waals surface area contributed by atoms with Crippen molar-refractivity contribution < 1.29 is 14.3 Å². The Hall–Kier alpha value is -3.84. The maximum Gasteiger partial charge on any atom is 0.288 e. The monoisotopic (exact) mass is 434 g/mol. The van der Waals surface area contributed by atoms with Gasteiger partial charge >= 0.3 is 0 Å². The van der Waals surface area contributed by atoms with Crippen LogP contribution in [0.4, 0.5) is 0 Å². The minimum absolute atomic E-state index is 0.320. The molecule has 0 unspecified atom stereocenters. The fourth-order valence-electron chi connectivity index (χ4n) is 2.98. The summed E-state index contributed by atoms with van der Waals surface area (Å²) >= 11 is 6.02. The molecule has 0 fully saturated rings. The van der Waals surface area contributed by atoms with Crippen molar-refractivity contribution >= 4 is 29.1 Å². The van der Waals surface area contributed by atoms with E-state index < -0.39 is 11.8 Å². The fraction of sp³-hybridized carbons (Fsp3) is 0.0870. The van der Waals surface area contributed by atoms with E-state index >= 15 is 0 Å². The van der Waals surface area contributed by atoms with Crippen LogP contribution in [-0.2, 0) is 6.61 Å². The molecule has 4 aromatic rings. The average molecular weight is 435 g/mol. The lowest BCUT2D eigenvalue weighted by Gasteiger charge is -2.09. The second-order valence-electron chi connectivity index (χ2n) is 6.88. The first-order chi connectivity index (χ1) is 15.0. The highest BCUT2D eigenvalue weighted by atomic mass is 35.5. The van der Waals surface area contributed by atoms with Gasteiger partial charge in [0.05, 0.1) is 6.20 Å². The quantitative estimate of drug-likeness (QED) is 0.466. The number of aromatic nitrogens is 2. The van der Waals surface area contributed by atoms with E-state index in [1.165, 1.54) is 6.20 Å². The van der Waals surface area contributed by atoms with Crippen LogP contribution >= 0.6 is 11.6 Å². The van der Waals surface area contributed by atoms with Gasteiger partial charge in [0.15, 0.2) is 0 Å². The Morgan fingerprint density at radius 1 is 1.03 bits per heavy atom. The highest BCUT2D eigenvalue weighted by Crippen LogP contribution is 2.22. The number of carbonyl (C=O) groups excluding carboxylic acids is 2. The lowest BCUT2D eigenvalue weighted by atomic mass is 10.1. The highest BCUT2D eigenvalue weighted by molar-refractivity contribution is 6.31. The zero-order chi connectivity index (χ0) is 21.8. The molecule has 2 aromatic heterocycles. The van der Waals surface area contributed by atoms with Gasteiger partial charge in [-0.3, -0.25) is 24.8 Å². The molecule has 0 saturated heterocycles. The Morgan fingerprint density at radius 3 is 2.58 bits per heavy atom. The van der Waals surface area contributed by atoms with E-state index in [1.807, 2.05) is 25.1 Å². The smallest absolute Gasteiger partial charge is 0.288 e. The van der Waals surface area contributed by atoms with Gasteiger partial charge in [0.2, 0.25) is 0 Å². The number of ether oxygens (including phenoxy) is 1. The number of pyridine rings is 1. The summed E-state index contributed by atoms with van der Waals surface area (Å²) in [4.78, 5) is 28.9. The van der Waals surface area contributed by atoms with Crippen molar-refractivity contribution in [2.45, 2.75) is 13.5 Å². The number of nitrogens with one attached hydrogen (secondary N) is 2. The lowest BCUT2D eigenvalue weighted by Crippen LogP contribution is -2.42. The number of imidazole rings is 1. The van der Waals surface area contributed by atoms with E-state index in [2.05, 4.69) is 15.8 Å². The summed E-state index contributed by atoms with van der Waals surface area (Å²) in [5.74, 6) is -0.169. The molecule has 2 heterocycles. The normalized spacial score (nSPS) is 10.6. The number of halogens is 1. The van der Waals surface area contributed by atoms with E-state index in [4.69, 9.17) is 16.3 Å². The Kier molecular flexibility index (Phi) is 5.86. The van der Waals surface area contributed by atoms with E-state index in [1.54, 1.807) is 53.1 Å². The highest BCUT2D eigenvalue weighted by Gasteiger charge is 2.13. The molecule has 4 rings (SSSR count). The maximum absolute atomic E-state index is 12.4. The zero-order valence-electron chi connectivity index (χ0n) is 16.6. The van der Waals surface area contributed by atoms with Crippen molar-refractivity contribution in [2.24, 2.45) is 0 Å². The number of carbonyl (C=O) groups is 2. The van der Waals surface area contributed by atoms with Crippen LogP contribution in [-0.4, -0.2) is 21.2 Å². The predicted octanol–water partition coefficient (Wildman–Crippen LogP) is 3.95. The molecule has 2 N–H and O–H groups in total. The molecule has 2 amide bonds. The predicted molar refractivity (Wildman–Crippen MR) is 117 cm³/mol. The molecule has 0 atom stereocenters. The van der Waals surface area contributed by atoms with Crippen LogP contribution in [0.25, 0.3) is 5.65 Å². The number of benzene rings is 2. The van der Waals surface area contributed by atoms with Crippen LogP contribution in [0, 0.1) is 6.92 Å². The number of hydrazine groups is 1. The zero-order valence-corrected chi connectivity index (χ0v) is 17.4. The number of hydrogen-bond donors (Lipinski definition) is 2. The van der Waals surface area contributed by atoms with Crippen LogP contribution in [0.15, 0.2) is 73.1 Å². The lowest BCUT2D eigenvalue weighted by molar-refractivity contribution is 0.0843. The molecule has 2 aromatic carbocycles. The van der Waals surface area contributed by atoms with Crippen molar-refractivity contribution in [1.82, 2.24) is 20.2 Å². The number of nitrogens with zero attached hydrogens (tertiary/aromatic N) is 2. The standard InChI is InChI=1S/C23H19ClN4O3/c1-15-12-18(9-10-19(15)24)31-14-16-5-7-17(8-6-16)22(29)26-27-23(30)20-13-25-21-4-2-3-11-28(20)21/h2-13H,14H2,1H3,(H,26,29)(H,27,30). The molecule has 0 radical (unpaired) electrons. The summed E-state index contributed by atoms with van der Waals surface area (Å²) in [6.07, 6.45) is 3.18. The Labute approximate surface area is 183 Å². The molecule has 156 valence electrons. The number of amides is 2. The van der Waals surface area contributed by atoms with Gasteiger partial charge in [-0.2, -0.15) is 0 Å². The summed E-state index contributed by atoms with van der Waals surface area (Å²) in [5.41, 5.74) is 8.04. The number of rotatable bonds is 5. The first kappa shape index (κ1) is 20.4.